The molecule has 1 aliphatic rings. The van der Waals surface area contributed by atoms with E-state index in [1.807, 2.05) is 18.2 Å². The van der Waals surface area contributed by atoms with Gasteiger partial charge in [-0.25, -0.2) is 10.9 Å². The Kier molecular flexibility index (Phi) is 5.37. The Bertz CT molecular complexity index is 847. The molecule has 1 saturated heterocycles. The van der Waals surface area contributed by atoms with Crippen LogP contribution in [0.1, 0.15) is 23.6 Å². The molecule has 0 saturated carbocycles. The zero-order valence-electron chi connectivity index (χ0n) is 14.6. The number of carbonyl (C=O) groups is 1. The third kappa shape index (κ3) is 3.61. The Morgan fingerprint density at radius 2 is 2.00 bits per heavy atom. The van der Waals surface area contributed by atoms with Crippen LogP contribution in [0.2, 0.25) is 0 Å². The van der Waals surface area contributed by atoms with Gasteiger partial charge in [-0.05, 0) is 24.6 Å². The summed E-state index contributed by atoms with van der Waals surface area (Å²) in [6.45, 7) is 0. The summed E-state index contributed by atoms with van der Waals surface area (Å²) in [4.78, 5) is 12.5. The summed E-state index contributed by atoms with van der Waals surface area (Å²) in [5.74, 6) is 1.20. The van der Waals surface area contributed by atoms with Gasteiger partial charge in [0, 0.05) is 11.6 Å². The van der Waals surface area contributed by atoms with E-state index in [2.05, 4.69) is 22.2 Å². The first-order chi connectivity index (χ1) is 12.7. The van der Waals surface area contributed by atoms with E-state index in [-0.39, 0.29) is 11.9 Å². The number of benzene rings is 2. The van der Waals surface area contributed by atoms with Crippen molar-refractivity contribution in [3.8, 4) is 17.6 Å². The molecule has 2 aromatic rings. The highest BCUT2D eigenvalue weighted by Gasteiger charge is 2.32. The molecular weight excluding hydrogens is 332 g/mol. The number of nitrogens with zero attached hydrogens (tertiary/aromatic N) is 1. The summed E-state index contributed by atoms with van der Waals surface area (Å²) < 4.78 is 10.7. The molecule has 1 amide bonds. The Morgan fingerprint density at radius 1 is 1.19 bits per heavy atom. The number of hydrogen-bond donors (Lipinski definition) is 3. The summed E-state index contributed by atoms with van der Waals surface area (Å²) in [6.07, 6.45) is 0.545. The maximum Gasteiger partial charge on any atom is 0.242 e. The highest BCUT2D eigenvalue weighted by atomic mass is 16.5. The highest BCUT2D eigenvalue weighted by molar-refractivity contribution is 5.96. The topological polar surface area (TPSA) is 95.4 Å². The van der Waals surface area contributed by atoms with Crippen LogP contribution >= 0.6 is 0 Å². The molecule has 0 aliphatic carbocycles. The zero-order chi connectivity index (χ0) is 18.5. The van der Waals surface area contributed by atoms with Crippen LogP contribution in [0.4, 0.5) is 5.69 Å². The second-order valence-electron chi connectivity index (χ2n) is 5.88. The van der Waals surface area contributed by atoms with Crippen molar-refractivity contribution < 1.29 is 14.3 Å². The van der Waals surface area contributed by atoms with E-state index >= 15 is 0 Å². The van der Waals surface area contributed by atoms with Crippen molar-refractivity contribution in [1.29, 1.82) is 5.26 Å². The number of methoxy groups -OCH3 is 2. The molecule has 2 aromatic carbocycles. The standard InChI is InChI=1S/C19H20N4O3/c1-25-13-7-8-14(18(9-13)26-2)16-10-17(23-22-16)19(24)21-15-6-4-3-5-12(15)11-20/h3-9,16-17,22-23H,10H2,1-2H3,(H,21,24). The molecule has 3 N–H and O–H groups in total. The van der Waals surface area contributed by atoms with Crippen molar-refractivity contribution in [1.82, 2.24) is 10.9 Å². The van der Waals surface area contributed by atoms with Gasteiger partial charge in [-0.2, -0.15) is 5.26 Å². The Hall–Kier alpha value is -3.08. The zero-order valence-corrected chi connectivity index (χ0v) is 14.6. The predicted octanol–water partition coefficient (Wildman–Crippen LogP) is 2.12. The van der Waals surface area contributed by atoms with Crippen LogP contribution in [0.25, 0.3) is 0 Å². The van der Waals surface area contributed by atoms with Crippen LogP contribution in [0, 0.1) is 11.3 Å². The number of para-hydroxylation sites is 1. The molecule has 7 heteroatoms. The number of nitrogens with one attached hydrogen (secondary N) is 3. The molecule has 2 atom stereocenters. The number of anilines is 1. The van der Waals surface area contributed by atoms with E-state index in [0.29, 0.717) is 29.2 Å². The number of nitriles is 1. The van der Waals surface area contributed by atoms with E-state index in [4.69, 9.17) is 14.7 Å². The fourth-order valence-electron chi connectivity index (χ4n) is 2.95. The van der Waals surface area contributed by atoms with Crippen molar-refractivity contribution in [2.24, 2.45) is 0 Å². The van der Waals surface area contributed by atoms with Gasteiger partial charge in [0.15, 0.2) is 0 Å². The van der Waals surface area contributed by atoms with Crippen LogP contribution in [0.15, 0.2) is 42.5 Å². The van der Waals surface area contributed by atoms with Crippen LogP contribution in [0.3, 0.4) is 0 Å². The normalized spacial score (nSPS) is 18.8. The van der Waals surface area contributed by atoms with E-state index in [9.17, 15) is 4.79 Å². The predicted molar refractivity (Wildman–Crippen MR) is 96.8 cm³/mol. The first kappa shape index (κ1) is 17.7. The van der Waals surface area contributed by atoms with E-state index in [0.717, 1.165) is 5.56 Å². The molecular formula is C19H20N4O3. The molecule has 2 unspecified atom stereocenters. The summed E-state index contributed by atoms with van der Waals surface area (Å²) in [7, 11) is 3.20. The molecule has 0 spiro atoms. The van der Waals surface area contributed by atoms with Crippen molar-refractivity contribution >= 4 is 11.6 Å². The second-order valence-corrected chi connectivity index (χ2v) is 5.88. The molecule has 0 bridgehead atoms. The number of rotatable bonds is 5. The van der Waals surface area contributed by atoms with Gasteiger partial charge in [-0.1, -0.05) is 18.2 Å². The minimum absolute atomic E-state index is 0.0854. The molecule has 0 aromatic heterocycles. The molecule has 3 rings (SSSR count). The molecule has 1 heterocycles. The van der Waals surface area contributed by atoms with Crippen LogP contribution in [0.5, 0.6) is 11.5 Å². The largest absolute Gasteiger partial charge is 0.497 e. The number of ether oxygens (including phenoxy) is 2. The van der Waals surface area contributed by atoms with Gasteiger partial charge in [0.05, 0.1) is 31.5 Å². The average molecular weight is 352 g/mol. The first-order valence-electron chi connectivity index (χ1n) is 8.19. The lowest BCUT2D eigenvalue weighted by Crippen LogP contribution is -2.39. The Labute approximate surface area is 151 Å². The van der Waals surface area contributed by atoms with Crippen LogP contribution < -0.4 is 25.6 Å². The lowest BCUT2D eigenvalue weighted by Gasteiger charge is -2.15. The lowest BCUT2D eigenvalue weighted by atomic mass is 10.0. The maximum atomic E-state index is 12.5. The second kappa shape index (κ2) is 7.87. The van der Waals surface area contributed by atoms with Crippen molar-refractivity contribution in [2.75, 3.05) is 19.5 Å². The maximum absolute atomic E-state index is 12.5. The van der Waals surface area contributed by atoms with Crippen LogP contribution in [-0.4, -0.2) is 26.2 Å². The van der Waals surface area contributed by atoms with Crippen LogP contribution in [-0.2, 0) is 4.79 Å². The van der Waals surface area contributed by atoms with E-state index in [1.165, 1.54) is 0 Å². The van der Waals surface area contributed by atoms with Crippen molar-refractivity contribution in [3.63, 3.8) is 0 Å². The van der Waals surface area contributed by atoms with Gasteiger partial charge in [0.2, 0.25) is 5.91 Å². The Morgan fingerprint density at radius 3 is 2.73 bits per heavy atom. The quantitative estimate of drug-likeness (QED) is 0.763. The lowest BCUT2D eigenvalue weighted by molar-refractivity contribution is -0.117. The van der Waals surface area contributed by atoms with Gasteiger partial charge in [0.25, 0.3) is 0 Å². The molecule has 1 fully saturated rings. The fraction of sp³-hybridized carbons (Fsp3) is 0.263. The van der Waals surface area contributed by atoms with Gasteiger partial charge in [-0.3, -0.25) is 4.79 Å². The molecule has 7 nitrogen and oxygen atoms in total. The van der Waals surface area contributed by atoms with E-state index in [1.54, 1.807) is 38.5 Å². The monoisotopic (exact) mass is 352 g/mol. The molecule has 1 aliphatic heterocycles. The SMILES string of the molecule is COc1ccc(C2CC(C(=O)Nc3ccccc3C#N)NN2)c(OC)c1. The van der Waals surface area contributed by atoms with Gasteiger partial charge >= 0.3 is 0 Å². The van der Waals surface area contributed by atoms with Gasteiger partial charge in [0.1, 0.15) is 23.6 Å². The minimum Gasteiger partial charge on any atom is -0.497 e. The van der Waals surface area contributed by atoms with Crippen molar-refractivity contribution in [3.05, 3.63) is 53.6 Å². The fourth-order valence-corrected chi connectivity index (χ4v) is 2.95. The minimum atomic E-state index is -0.432. The molecule has 26 heavy (non-hydrogen) atoms. The summed E-state index contributed by atoms with van der Waals surface area (Å²) in [5.41, 5.74) is 8.02. The number of hydrogen-bond acceptors (Lipinski definition) is 6. The van der Waals surface area contributed by atoms with Gasteiger partial charge < -0.3 is 14.8 Å². The van der Waals surface area contributed by atoms with Crippen molar-refractivity contribution in [2.45, 2.75) is 18.5 Å². The summed E-state index contributed by atoms with van der Waals surface area (Å²) >= 11 is 0. The molecule has 0 radical (unpaired) electrons. The summed E-state index contributed by atoms with van der Waals surface area (Å²) in [5, 5.41) is 11.9. The number of carbonyl (C=O) groups excluding carboxylic acids is 1. The number of amides is 1. The van der Waals surface area contributed by atoms with E-state index < -0.39 is 6.04 Å². The third-order valence-corrected chi connectivity index (χ3v) is 4.34. The first-order valence-corrected chi connectivity index (χ1v) is 8.19. The smallest absolute Gasteiger partial charge is 0.242 e. The Balaban J connectivity index is 1.71. The van der Waals surface area contributed by atoms with Gasteiger partial charge in [-0.15, -0.1) is 0 Å². The summed E-state index contributed by atoms with van der Waals surface area (Å²) in [6, 6.07) is 14.1. The molecule has 134 valence electrons. The third-order valence-electron chi connectivity index (χ3n) is 4.34. The average Bonchev–Trinajstić information content (AvgIpc) is 3.18. The highest BCUT2D eigenvalue weighted by Crippen LogP contribution is 2.33. The number of hydrazine groups is 1.